The number of methoxy groups -OCH3 is 5. The van der Waals surface area contributed by atoms with Crippen molar-refractivity contribution in [1.82, 2.24) is 9.29 Å². The topological polar surface area (TPSA) is 159 Å². The largest absolute Gasteiger partial charge is 0.497 e. The number of nitrogens with zero attached hydrogens (tertiary/aromatic N) is 3. The van der Waals surface area contributed by atoms with Gasteiger partial charge in [-0.05, 0) is 55.0 Å². The summed E-state index contributed by atoms with van der Waals surface area (Å²) in [5.41, 5.74) is -1.13. The minimum atomic E-state index is -4.88. The molecule has 0 bridgehead atoms. The molecule has 13 nitrogen and oxygen atoms in total. The van der Waals surface area contributed by atoms with E-state index < -0.39 is 44.7 Å². The quantitative estimate of drug-likeness (QED) is 0.110. The van der Waals surface area contributed by atoms with Gasteiger partial charge in [-0.15, -0.1) is 0 Å². The van der Waals surface area contributed by atoms with E-state index in [1.54, 1.807) is 36.4 Å². The first kappa shape index (κ1) is 41.6. The van der Waals surface area contributed by atoms with Crippen LogP contribution in [0.2, 0.25) is 0 Å². The number of halogens is 3. The molecule has 57 heavy (non-hydrogen) atoms. The Morgan fingerprint density at radius 3 is 1.91 bits per heavy atom. The lowest BCUT2D eigenvalue weighted by Crippen LogP contribution is -2.30. The van der Waals surface area contributed by atoms with Crippen molar-refractivity contribution in [3.63, 3.8) is 0 Å². The molecule has 0 atom stereocenters. The number of carbonyl (C=O) groups excluding carboxylic acids is 1. The molecule has 0 fully saturated rings. The van der Waals surface area contributed by atoms with Crippen LogP contribution in [0.25, 0.3) is 0 Å². The highest BCUT2D eigenvalue weighted by Crippen LogP contribution is 2.39. The van der Waals surface area contributed by atoms with Gasteiger partial charge in [0.05, 0.1) is 57.6 Å². The molecule has 1 N–H and O–H groups in total. The molecule has 1 amide bonds. The zero-order chi connectivity index (χ0) is 41.5. The first-order chi connectivity index (χ1) is 27.2. The van der Waals surface area contributed by atoms with E-state index in [9.17, 15) is 31.6 Å². The Bertz CT molecular complexity index is 2380. The number of ether oxygens (including phenoxy) is 6. The van der Waals surface area contributed by atoms with Gasteiger partial charge < -0.3 is 33.7 Å². The molecular weight excluding hydrogens is 770 g/mol. The van der Waals surface area contributed by atoms with Crippen LogP contribution in [0.1, 0.15) is 38.2 Å². The SMILES string of the molecule is COc1ccc(CN(Cc2ccc(OC)cc2OC)S(=O)(=O)c2cccc(NC(=O)c3c(Oc4ccc(C#N)cc4OC)ncc(C(F)(F)F)c3C)c2)c(OC)c1. The van der Waals surface area contributed by atoms with E-state index in [4.69, 9.17) is 28.4 Å². The van der Waals surface area contributed by atoms with Crippen LogP contribution in [0.4, 0.5) is 18.9 Å². The number of anilines is 1. The smallest absolute Gasteiger partial charge is 0.418 e. The maximum Gasteiger partial charge on any atom is 0.418 e. The molecule has 0 radical (unpaired) electrons. The van der Waals surface area contributed by atoms with Crippen molar-refractivity contribution < 1.29 is 54.8 Å². The van der Waals surface area contributed by atoms with Crippen molar-refractivity contribution in [3.8, 4) is 46.4 Å². The van der Waals surface area contributed by atoms with Crippen molar-refractivity contribution >= 4 is 21.6 Å². The van der Waals surface area contributed by atoms with Crippen LogP contribution in [0.15, 0.2) is 90.0 Å². The van der Waals surface area contributed by atoms with E-state index >= 15 is 0 Å². The number of hydrogen-bond acceptors (Lipinski definition) is 11. The lowest BCUT2D eigenvalue weighted by molar-refractivity contribution is -0.138. The number of sulfonamides is 1. The molecule has 1 aromatic heterocycles. The van der Waals surface area contributed by atoms with Crippen LogP contribution < -0.4 is 33.7 Å². The van der Waals surface area contributed by atoms with Crippen LogP contribution in [-0.2, 0) is 29.3 Å². The van der Waals surface area contributed by atoms with E-state index in [-0.39, 0.29) is 40.7 Å². The van der Waals surface area contributed by atoms with Crippen LogP contribution >= 0.6 is 0 Å². The second-order valence-corrected chi connectivity index (χ2v) is 14.1. The number of alkyl halides is 3. The maximum atomic E-state index is 14.6. The molecular formula is C40H37F3N4O9S. The van der Waals surface area contributed by atoms with E-state index in [2.05, 4.69) is 10.3 Å². The first-order valence-corrected chi connectivity index (χ1v) is 18.3. The van der Waals surface area contributed by atoms with Gasteiger partial charge in [-0.2, -0.15) is 22.7 Å². The van der Waals surface area contributed by atoms with Gasteiger partial charge >= 0.3 is 6.18 Å². The second kappa shape index (κ2) is 17.5. The Balaban J connectivity index is 1.55. The number of nitrogens with one attached hydrogen (secondary N) is 1. The predicted molar refractivity (Wildman–Crippen MR) is 202 cm³/mol. The predicted octanol–water partition coefficient (Wildman–Crippen LogP) is 7.76. The van der Waals surface area contributed by atoms with Crippen molar-refractivity contribution in [3.05, 3.63) is 118 Å². The summed E-state index contributed by atoms with van der Waals surface area (Å²) >= 11 is 0. The zero-order valence-corrected chi connectivity index (χ0v) is 32.4. The summed E-state index contributed by atoms with van der Waals surface area (Å²) in [6, 6.07) is 21.1. The minimum absolute atomic E-state index is 0.0348. The Kier molecular flexibility index (Phi) is 12.8. The van der Waals surface area contributed by atoms with Crippen molar-refractivity contribution in [1.29, 1.82) is 5.26 Å². The summed E-state index contributed by atoms with van der Waals surface area (Å²) in [5, 5.41) is 11.8. The van der Waals surface area contributed by atoms with Gasteiger partial charge in [-0.1, -0.05) is 18.2 Å². The Labute approximate surface area is 327 Å². The summed E-state index contributed by atoms with van der Waals surface area (Å²) < 4.78 is 105. The third-order valence-electron chi connectivity index (χ3n) is 8.75. The maximum absolute atomic E-state index is 14.6. The third kappa shape index (κ3) is 9.31. The van der Waals surface area contributed by atoms with Gasteiger partial charge in [0.25, 0.3) is 5.91 Å². The first-order valence-electron chi connectivity index (χ1n) is 16.8. The van der Waals surface area contributed by atoms with E-state index in [1.165, 1.54) is 82.3 Å². The fourth-order valence-corrected chi connectivity index (χ4v) is 7.23. The van der Waals surface area contributed by atoms with Gasteiger partial charge in [0.15, 0.2) is 11.5 Å². The molecule has 0 unspecified atom stereocenters. The molecule has 4 aromatic carbocycles. The van der Waals surface area contributed by atoms with Gasteiger partial charge in [-0.25, -0.2) is 13.4 Å². The Morgan fingerprint density at radius 2 is 1.39 bits per heavy atom. The van der Waals surface area contributed by atoms with Gasteiger partial charge in [0.1, 0.15) is 28.6 Å². The Morgan fingerprint density at radius 1 is 0.789 bits per heavy atom. The highest BCUT2D eigenvalue weighted by atomic mass is 32.2. The number of nitriles is 1. The highest BCUT2D eigenvalue weighted by Gasteiger charge is 2.36. The van der Waals surface area contributed by atoms with Crippen LogP contribution in [0, 0.1) is 18.3 Å². The average molecular weight is 807 g/mol. The normalized spacial score (nSPS) is 11.4. The summed E-state index contributed by atoms with van der Waals surface area (Å²) in [6.07, 6.45) is -4.34. The van der Waals surface area contributed by atoms with Crippen molar-refractivity contribution in [2.24, 2.45) is 0 Å². The standard InChI is InChI=1S/C40H37F3N4O9S/c1-24-32(40(41,42)43)21-45-39(56-33-15-10-25(20-44)16-36(33)55-6)37(24)38(48)46-28-8-7-9-31(17-28)57(49,50)47(22-26-11-13-29(51-2)18-34(26)53-4)23-27-12-14-30(52-3)19-35(27)54-5/h7-19,21H,22-23H2,1-6H3,(H,46,48). The number of rotatable bonds is 15. The summed E-state index contributed by atoms with van der Waals surface area (Å²) in [6.45, 7) is 0.716. The second-order valence-electron chi connectivity index (χ2n) is 12.2. The summed E-state index contributed by atoms with van der Waals surface area (Å²) in [5.74, 6) is 0.137. The number of carbonyl (C=O) groups is 1. The molecule has 5 aromatic rings. The van der Waals surface area contributed by atoms with Gasteiger partial charge in [0.2, 0.25) is 15.9 Å². The third-order valence-corrected chi connectivity index (χ3v) is 10.5. The summed E-state index contributed by atoms with van der Waals surface area (Å²) in [7, 11) is 2.73. The van der Waals surface area contributed by atoms with E-state index in [0.717, 1.165) is 6.92 Å². The Hall–Kier alpha value is -6.51. The molecule has 1 heterocycles. The van der Waals surface area contributed by atoms with Crippen molar-refractivity contribution in [2.45, 2.75) is 31.1 Å². The monoisotopic (exact) mass is 806 g/mol. The highest BCUT2D eigenvalue weighted by molar-refractivity contribution is 7.89. The number of benzene rings is 4. The number of aromatic nitrogens is 1. The molecule has 298 valence electrons. The number of hydrogen-bond donors (Lipinski definition) is 1. The molecule has 0 aliphatic carbocycles. The van der Waals surface area contributed by atoms with Crippen LogP contribution in [0.5, 0.6) is 40.4 Å². The molecule has 0 spiro atoms. The number of pyridine rings is 1. The summed E-state index contributed by atoms with van der Waals surface area (Å²) in [4.78, 5) is 17.5. The molecule has 17 heteroatoms. The molecule has 5 rings (SSSR count). The van der Waals surface area contributed by atoms with Gasteiger partial charge in [-0.3, -0.25) is 4.79 Å². The lowest BCUT2D eigenvalue weighted by atomic mass is 10.0. The zero-order valence-electron chi connectivity index (χ0n) is 31.6. The molecule has 0 saturated carbocycles. The van der Waals surface area contributed by atoms with Crippen molar-refractivity contribution in [2.75, 3.05) is 40.9 Å². The minimum Gasteiger partial charge on any atom is -0.497 e. The molecule has 0 aliphatic rings. The lowest BCUT2D eigenvalue weighted by Gasteiger charge is -2.25. The fourth-order valence-electron chi connectivity index (χ4n) is 5.78. The van der Waals surface area contributed by atoms with E-state index in [1.807, 2.05) is 6.07 Å². The molecule has 0 aliphatic heterocycles. The average Bonchev–Trinajstić information content (AvgIpc) is 3.20. The van der Waals surface area contributed by atoms with Crippen LogP contribution in [0.3, 0.4) is 0 Å². The van der Waals surface area contributed by atoms with Gasteiger partial charge in [0, 0.05) is 54.3 Å². The molecule has 0 saturated heterocycles. The number of amides is 1. The van der Waals surface area contributed by atoms with Crippen LogP contribution in [-0.4, -0.2) is 59.2 Å². The van der Waals surface area contributed by atoms with E-state index in [0.29, 0.717) is 40.3 Å². The fraction of sp³-hybridized carbons (Fsp3) is 0.225.